The van der Waals surface area contributed by atoms with Crippen LogP contribution in [0.1, 0.15) is 57.4 Å². The van der Waals surface area contributed by atoms with Crippen LogP contribution >= 0.6 is 0 Å². The molecule has 1 saturated heterocycles. The van der Waals surface area contributed by atoms with Crippen LogP contribution in [-0.4, -0.2) is 17.5 Å². The van der Waals surface area contributed by atoms with Crippen LogP contribution in [0.15, 0.2) is 30.3 Å². The highest BCUT2D eigenvalue weighted by Crippen LogP contribution is 2.23. The number of piperidine rings is 1. The molecular weight excluding hydrogens is 262 g/mol. The van der Waals surface area contributed by atoms with Crippen LogP contribution in [0.4, 0.5) is 0 Å². The first kappa shape index (κ1) is 16.0. The molecule has 2 rings (SSSR count). The minimum absolute atomic E-state index is 0.135. The minimum atomic E-state index is 0.135. The van der Waals surface area contributed by atoms with Crippen LogP contribution in [0.2, 0.25) is 0 Å². The van der Waals surface area contributed by atoms with E-state index in [1.165, 1.54) is 32.1 Å². The standard InChI is InChI=1S/C18H27NO2/c1-2-3-4-6-9-16-12-13-18(20)19(14-16)21-15-17-10-7-5-8-11-17/h5,7-8,10-11,16H,2-4,6,9,12-15H2,1H3. The molecule has 3 nitrogen and oxygen atoms in total. The lowest BCUT2D eigenvalue weighted by Gasteiger charge is -2.31. The summed E-state index contributed by atoms with van der Waals surface area (Å²) in [6.07, 6.45) is 8.06. The van der Waals surface area contributed by atoms with Gasteiger partial charge < -0.3 is 0 Å². The van der Waals surface area contributed by atoms with E-state index < -0.39 is 0 Å². The first-order valence-corrected chi connectivity index (χ1v) is 8.26. The van der Waals surface area contributed by atoms with Gasteiger partial charge in [-0.15, -0.1) is 0 Å². The van der Waals surface area contributed by atoms with Crippen LogP contribution in [0, 0.1) is 5.92 Å². The Morgan fingerprint density at radius 3 is 2.76 bits per heavy atom. The van der Waals surface area contributed by atoms with Crippen molar-refractivity contribution < 1.29 is 9.63 Å². The van der Waals surface area contributed by atoms with Crippen LogP contribution in [-0.2, 0) is 16.2 Å². The SMILES string of the molecule is CCCCCCC1CCC(=O)N(OCc2ccccc2)C1. The van der Waals surface area contributed by atoms with E-state index in [4.69, 9.17) is 4.84 Å². The first-order valence-electron chi connectivity index (χ1n) is 8.26. The topological polar surface area (TPSA) is 29.5 Å². The summed E-state index contributed by atoms with van der Waals surface area (Å²) in [4.78, 5) is 17.7. The molecule has 1 fully saturated rings. The molecule has 3 heteroatoms. The Balaban J connectivity index is 1.74. The largest absolute Gasteiger partial charge is 0.273 e. The number of carbonyl (C=O) groups excluding carboxylic acids is 1. The molecule has 0 bridgehead atoms. The van der Waals surface area contributed by atoms with E-state index in [1.807, 2.05) is 30.3 Å². The third kappa shape index (κ3) is 5.50. The van der Waals surface area contributed by atoms with Crippen LogP contribution in [0.3, 0.4) is 0 Å². The molecule has 0 N–H and O–H groups in total. The molecule has 0 aliphatic carbocycles. The van der Waals surface area contributed by atoms with E-state index in [2.05, 4.69) is 6.92 Å². The molecule has 1 aromatic carbocycles. The summed E-state index contributed by atoms with van der Waals surface area (Å²) in [5.74, 6) is 0.742. The molecule has 1 aliphatic rings. The molecule has 1 atom stereocenters. The lowest BCUT2D eigenvalue weighted by Crippen LogP contribution is -2.39. The fraction of sp³-hybridized carbons (Fsp3) is 0.611. The predicted octanol–water partition coefficient (Wildman–Crippen LogP) is 4.33. The highest BCUT2D eigenvalue weighted by atomic mass is 16.7. The van der Waals surface area contributed by atoms with E-state index in [-0.39, 0.29) is 5.91 Å². The zero-order valence-corrected chi connectivity index (χ0v) is 13.1. The number of rotatable bonds is 8. The Bertz CT molecular complexity index is 418. The van der Waals surface area contributed by atoms with Crippen molar-refractivity contribution in [1.82, 2.24) is 5.06 Å². The Labute approximate surface area is 128 Å². The lowest BCUT2D eigenvalue weighted by atomic mass is 9.93. The van der Waals surface area contributed by atoms with Gasteiger partial charge >= 0.3 is 0 Å². The molecule has 1 amide bonds. The van der Waals surface area contributed by atoms with Crippen molar-refractivity contribution in [2.75, 3.05) is 6.54 Å². The van der Waals surface area contributed by atoms with Gasteiger partial charge in [0.2, 0.25) is 5.91 Å². The average Bonchev–Trinajstić information content (AvgIpc) is 2.53. The van der Waals surface area contributed by atoms with Crippen molar-refractivity contribution in [2.24, 2.45) is 5.92 Å². The maximum Gasteiger partial charge on any atom is 0.246 e. The highest BCUT2D eigenvalue weighted by Gasteiger charge is 2.26. The smallest absolute Gasteiger partial charge is 0.246 e. The number of hydroxylamine groups is 2. The second-order valence-electron chi connectivity index (χ2n) is 5.97. The molecule has 1 unspecified atom stereocenters. The van der Waals surface area contributed by atoms with Crippen LogP contribution in [0.25, 0.3) is 0 Å². The Hall–Kier alpha value is -1.35. The molecule has 1 aromatic rings. The fourth-order valence-electron chi connectivity index (χ4n) is 2.83. The van der Waals surface area contributed by atoms with Crippen molar-refractivity contribution in [3.8, 4) is 0 Å². The fourth-order valence-corrected chi connectivity index (χ4v) is 2.83. The molecule has 21 heavy (non-hydrogen) atoms. The average molecular weight is 289 g/mol. The quantitative estimate of drug-likeness (QED) is 0.667. The Kier molecular flexibility index (Phi) is 6.74. The summed E-state index contributed by atoms with van der Waals surface area (Å²) in [6, 6.07) is 10.0. The zero-order valence-electron chi connectivity index (χ0n) is 13.1. The minimum Gasteiger partial charge on any atom is -0.273 e. The van der Waals surface area contributed by atoms with Gasteiger partial charge in [0.25, 0.3) is 0 Å². The number of amides is 1. The first-order chi connectivity index (χ1) is 10.3. The monoisotopic (exact) mass is 289 g/mol. The van der Waals surface area contributed by atoms with Gasteiger partial charge in [0.1, 0.15) is 6.61 Å². The maximum absolute atomic E-state index is 11.9. The number of carbonyl (C=O) groups is 1. The summed E-state index contributed by atoms with van der Waals surface area (Å²) in [5, 5.41) is 1.60. The number of unbranched alkanes of at least 4 members (excludes halogenated alkanes) is 3. The number of hydrogen-bond donors (Lipinski definition) is 0. The molecule has 116 valence electrons. The molecule has 0 aromatic heterocycles. The highest BCUT2D eigenvalue weighted by molar-refractivity contribution is 5.75. The molecular formula is C18H27NO2. The summed E-state index contributed by atoms with van der Waals surface area (Å²) < 4.78 is 0. The van der Waals surface area contributed by atoms with Crippen molar-refractivity contribution >= 4 is 5.91 Å². The summed E-state index contributed by atoms with van der Waals surface area (Å²) >= 11 is 0. The zero-order chi connectivity index (χ0) is 14.9. The van der Waals surface area contributed by atoms with Gasteiger partial charge in [-0.2, -0.15) is 0 Å². The van der Waals surface area contributed by atoms with Gasteiger partial charge in [-0.05, 0) is 24.3 Å². The molecule has 0 spiro atoms. The third-order valence-corrected chi connectivity index (χ3v) is 4.16. The third-order valence-electron chi connectivity index (χ3n) is 4.16. The van der Waals surface area contributed by atoms with E-state index in [1.54, 1.807) is 5.06 Å². The summed E-state index contributed by atoms with van der Waals surface area (Å²) in [7, 11) is 0. The van der Waals surface area contributed by atoms with Gasteiger partial charge in [0.15, 0.2) is 0 Å². The van der Waals surface area contributed by atoms with Crippen molar-refractivity contribution in [1.29, 1.82) is 0 Å². The Morgan fingerprint density at radius 2 is 2.00 bits per heavy atom. The lowest BCUT2D eigenvalue weighted by molar-refractivity contribution is -0.201. The summed E-state index contributed by atoms with van der Waals surface area (Å²) in [6.45, 7) is 3.48. The van der Waals surface area contributed by atoms with Gasteiger partial charge in [-0.25, -0.2) is 5.06 Å². The molecule has 1 aliphatic heterocycles. The molecule has 0 radical (unpaired) electrons. The van der Waals surface area contributed by atoms with Gasteiger partial charge in [0.05, 0.1) is 6.54 Å². The second kappa shape index (κ2) is 8.83. The van der Waals surface area contributed by atoms with Gasteiger partial charge in [-0.1, -0.05) is 62.9 Å². The van der Waals surface area contributed by atoms with Crippen molar-refractivity contribution in [3.05, 3.63) is 35.9 Å². The molecule has 1 heterocycles. The maximum atomic E-state index is 11.9. The van der Waals surface area contributed by atoms with Gasteiger partial charge in [0, 0.05) is 6.42 Å². The predicted molar refractivity (Wildman–Crippen MR) is 84.4 cm³/mol. The Morgan fingerprint density at radius 1 is 1.19 bits per heavy atom. The number of benzene rings is 1. The van der Waals surface area contributed by atoms with Gasteiger partial charge in [-0.3, -0.25) is 9.63 Å². The summed E-state index contributed by atoms with van der Waals surface area (Å²) in [5.41, 5.74) is 1.11. The molecule has 0 saturated carbocycles. The normalized spacial score (nSPS) is 19.0. The number of hydrogen-bond acceptors (Lipinski definition) is 2. The van der Waals surface area contributed by atoms with Crippen LogP contribution in [0.5, 0.6) is 0 Å². The van der Waals surface area contributed by atoms with E-state index in [0.29, 0.717) is 18.9 Å². The van der Waals surface area contributed by atoms with Crippen molar-refractivity contribution in [2.45, 2.75) is 58.5 Å². The van der Waals surface area contributed by atoms with E-state index in [9.17, 15) is 4.79 Å². The second-order valence-corrected chi connectivity index (χ2v) is 5.97. The van der Waals surface area contributed by atoms with E-state index in [0.717, 1.165) is 18.5 Å². The number of nitrogens with zero attached hydrogens (tertiary/aromatic N) is 1. The van der Waals surface area contributed by atoms with E-state index >= 15 is 0 Å². The van der Waals surface area contributed by atoms with Crippen LogP contribution < -0.4 is 0 Å². The van der Waals surface area contributed by atoms with Crippen molar-refractivity contribution in [3.63, 3.8) is 0 Å².